The lowest BCUT2D eigenvalue weighted by molar-refractivity contribution is -0.158. The van der Waals surface area contributed by atoms with Gasteiger partial charge < -0.3 is 9.47 Å². The van der Waals surface area contributed by atoms with E-state index in [1.54, 1.807) is 13.0 Å². The average Bonchev–Trinajstić information content (AvgIpc) is 2.36. The Morgan fingerprint density at radius 1 is 1.33 bits per heavy atom. The molecule has 0 fully saturated rings. The highest BCUT2D eigenvalue weighted by atomic mass is 35.5. The van der Waals surface area contributed by atoms with Gasteiger partial charge in [-0.3, -0.25) is 0 Å². The number of hydrogen-bond donors (Lipinski definition) is 0. The van der Waals surface area contributed by atoms with Crippen molar-refractivity contribution in [2.75, 3.05) is 6.61 Å². The Morgan fingerprint density at radius 2 is 2.06 bits per heavy atom. The zero-order chi connectivity index (χ0) is 13.4. The van der Waals surface area contributed by atoms with Crippen molar-refractivity contribution in [3.8, 4) is 0 Å². The number of halogens is 1. The molecule has 3 nitrogen and oxygen atoms in total. The van der Waals surface area contributed by atoms with E-state index in [0.29, 0.717) is 24.7 Å². The minimum Gasteiger partial charge on any atom is -0.464 e. The Labute approximate surface area is 113 Å². The van der Waals surface area contributed by atoms with Crippen LogP contribution in [-0.4, -0.2) is 18.7 Å². The van der Waals surface area contributed by atoms with Crippen LogP contribution in [0.2, 0.25) is 5.02 Å². The first-order valence-corrected chi connectivity index (χ1v) is 6.58. The van der Waals surface area contributed by atoms with Crippen molar-refractivity contribution < 1.29 is 14.3 Å². The maximum atomic E-state index is 11.7. The first-order valence-electron chi connectivity index (χ1n) is 6.20. The van der Waals surface area contributed by atoms with Crippen molar-refractivity contribution in [1.29, 1.82) is 0 Å². The van der Waals surface area contributed by atoms with Crippen molar-refractivity contribution >= 4 is 17.6 Å². The second-order valence-corrected chi connectivity index (χ2v) is 4.34. The molecular formula is C14H19ClO3. The molecule has 0 spiro atoms. The van der Waals surface area contributed by atoms with Crippen molar-refractivity contribution in [2.45, 2.75) is 39.4 Å². The molecule has 0 amide bonds. The summed E-state index contributed by atoms with van der Waals surface area (Å²) in [6.45, 7) is 4.48. The first-order chi connectivity index (χ1) is 8.69. The second kappa shape index (κ2) is 8.11. The molecule has 1 rings (SSSR count). The predicted octanol–water partition coefficient (Wildman–Crippen LogP) is 3.59. The maximum Gasteiger partial charge on any atom is 0.335 e. The fourth-order valence-corrected chi connectivity index (χ4v) is 1.76. The van der Waals surface area contributed by atoms with Crippen LogP contribution >= 0.6 is 11.6 Å². The summed E-state index contributed by atoms with van der Waals surface area (Å²) in [6, 6.07) is 7.44. The number of carbonyl (C=O) groups is 1. The molecule has 0 aliphatic carbocycles. The van der Waals surface area contributed by atoms with Gasteiger partial charge in [-0.25, -0.2) is 4.79 Å². The highest BCUT2D eigenvalue weighted by molar-refractivity contribution is 6.31. The molecule has 0 aliphatic rings. The van der Waals surface area contributed by atoms with Crippen LogP contribution in [0.25, 0.3) is 0 Å². The maximum absolute atomic E-state index is 11.7. The predicted molar refractivity (Wildman–Crippen MR) is 71.6 cm³/mol. The second-order valence-electron chi connectivity index (χ2n) is 3.93. The molecule has 4 heteroatoms. The summed E-state index contributed by atoms with van der Waals surface area (Å²) >= 11 is 6.03. The topological polar surface area (TPSA) is 35.5 Å². The van der Waals surface area contributed by atoms with Gasteiger partial charge in [-0.2, -0.15) is 0 Å². The highest BCUT2D eigenvalue weighted by Crippen LogP contribution is 2.17. The van der Waals surface area contributed by atoms with Gasteiger partial charge in [0.15, 0.2) is 6.10 Å². The van der Waals surface area contributed by atoms with Gasteiger partial charge in [-0.15, -0.1) is 0 Å². The molecule has 0 saturated heterocycles. The third-order valence-electron chi connectivity index (χ3n) is 2.50. The standard InChI is InChI=1S/C14H19ClO3/c1-3-7-13(14(16)17-4-2)18-10-11-8-5-6-9-12(11)15/h5-6,8-9,13H,3-4,7,10H2,1-2H3. The van der Waals surface area contributed by atoms with Gasteiger partial charge in [0, 0.05) is 5.02 Å². The molecule has 0 aromatic heterocycles. The molecule has 0 saturated carbocycles. The molecule has 1 atom stereocenters. The van der Waals surface area contributed by atoms with E-state index in [4.69, 9.17) is 21.1 Å². The molecule has 100 valence electrons. The van der Waals surface area contributed by atoms with E-state index >= 15 is 0 Å². The molecule has 0 bridgehead atoms. The third-order valence-corrected chi connectivity index (χ3v) is 2.87. The first kappa shape index (κ1) is 15.0. The van der Waals surface area contributed by atoms with Crippen LogP contribution in [0.1, 0.15) is 32.3 Å². The van der Waals surface area contributed by atoms with Gasteiger partial charge in [0.05, 0.1) is 13.2 Å². The lowest BCUT2D eigenvalue weighted by Gasteiger charge is -2.16. The molecular weight excluding hydrogens is 252 g/mol. The molecule has 1 aromatic carbocycles. The lowest BCUT2D eigenvalue weighted by atomic mass is 10.2. The van der Waals surface area contributed by atoms with E-state index in [0.717, 1.165) is 12.0 Å². The highest BCUT2D eigenvalue weighted by Gasteiger charge is 2.19. The summed E-state index contributed by atoms with van der Waals surface area (Å²) in [5.41, 5.74) is 0.879. The van der Waals surface area contributed by atoms with E-state index in [2.05, 4.69) is 0 Å². The Balaban J connectivity index is 2.57. The van der Waals surface area contributed by atoms with Gasteiger partial charge in [-0.05, 0) is 25.0 Å². The normalized spacial score (nSPS) is 12.2. The lowest BCUT2D eigenvalue weighted by Crippen LogP contribution is -2.26. The number of hydrogen-bond acceptors (Lipinski definition) is 3. The van der Waals surface area contributed by atoms with E-state index in [1.807, 2.05) is 25.1 Å². The molecule has 0 N–H and O–H groups in total. The van der Waals surface area contributed by atoms with Crippen LogP contribution in [0.5, 0.6) is 0 Å². The van der Waals surface area contributed by atoms with Crippen molar-refractivity contribution in [3.05, 3.63) is 34.9 Å². The minimum absolute atomic E-state index is 0.300. The molecule has 1 unspecified atom stereocenters. The Hall–Kier alpha value is -1.06. The molecule has 0 heterocycles. The van der Waals surface area contributed by atoms with E-state index in [9.17, 15) is 4.79 Å². The van der Waals surface area contributed by atoms with Crippen LogP contribution in [0.3, 0.4) is 0 Å². The zero-order valence-electron chi connectivity index (χ0n) is 10.8. The fourth-order valence-electron chi connectivity index (χ4n) is 1.57. The quantitative estimate of drug-likeness (QED) is 0.711. The van der Waals surface area contributed by atoms with E-state index in [-0.39, 0.29) is 5.97 Å². The third kappa shape index (κ3) is 4.67. The summed E-state index contributed by atoms with van der Waals surface area (Å²) in [7, 11) is 0. The number of carbonyl (C=O) groups excluding carboxylic acids is 1. The van der Waals surface area contributed by atoms with Crippen molar-refractivity contribution in [2.24, 2.45) is 0 Å². The summed E-state index contributed by atoms with van der Waals surface area (Å²) in [5, 5.41) is 0.650. The van der Waals surface area contributed by atoms with Gasteiger partial charge in [0.2, 0.25) is 0 Å². The van der Waals surface area contributed by atoms with Crippen molar-refractivity contribution in [1.82, 2.24) is 0 Å². The van der Waals surface area contributed by atoms with Gasteiger partial charge in [-0.1, -0.05) is 43.1 Å². The Kier molecular flexibility index (Phi) is 6.76. The van der Waals surface area contributed by atoms with Crippen LogP contribution in [0.4, 0.5) is 0 Å². The van der Waals surface area contributed by atoms with Crippen LogP contribution in [-0.2, 0) is 20.9 Å². The van der Waals surface area contributed by atoms with Crippen LogP contribution in [0.15, 0.2) is 24.3 Å². The summed E-state index contributed by atoms with van der Waals surface area (Å²) in [5.74, 6) is -0.300. The summed E-state index contributed by atoms with van der Waals surface area (Å²) in [4.78, 5) is 11.7. The number of rotatable bonds is 7. The van der Waals surface area contributed by atoms with Crippen molar-refractivity contribution in [3.63, 3.8) is 0 Å². The molecule has 0 radical (unpaired) electrons. The van der Waals surface area contributed by atoms with Gasteiger partial charge >= 0.3 is 5.97 Å². The summed E-state index contributed by atoms with van der Waals surface area (Å²) < 4.78 is 10.6. The smallest absolute Gasteiger partial charge is 0.335 e. The monoisotopic (exact) mass is 270 g/mol. The average molecular weight is 271 g/mol. The largest absolute Gasteiger partial charge is 0.464 e. The van der Waals surface area contributed by atoms with Gasteiger partial charge in [0.1, 0.15) is 0 Å². The summed E-state index contributed by atoms with van der Waals surface area (Å²) in [6.07, 6.45) is 1.01. The zero-order valence-corrected chi connectivity index (χ0v) is 11.6. The number of esters is 1. The van der Waals surface area contributed by atoms with Crippen LogP contribution < -0.4 is 0 Å². The minimum atomic E-state index is -0.508. The number of benzene rings is 1. The molecule has 1 aromatic rings. The van der Waals surface area contributed by atoms with Crippen LogP contribution in [0, 0.1) is 0 Å². The van der Waals surface area contributed by atoms with E-state index < -0.39 is 6.10 Å². The number of ether oxygens (including phenoxy) is 2. The molecule has 0 aliphatic heterocycles. The Bertz CT molecular complexity index is 379. The fraction of sp³-hybridized carbons (Fsp3) is 0.500. The SMILES string of the molecule is CCCC(OCc1ccccc1Cl)C(=O)OCC. The Morgan fingerprint density at radius 3 is 2.67 bits per heavy atom. The van der Waals surface area contributed by atoms with Gasteiger partial charge in [0.25, 0.3) is 0 Å². The molecule has 18 heavy (non-hydrogen) atoms. The van der Waals surface area contributed by atoms with E-state index in [1.165, 1.54) is 0 Å².